The molecule has 0 radical (unpaired) electrons. The van der Waals surface area contributed by atoms with Gasteiger partial charge >= 0.3 is 6.03 Å². The quantitative estimate of drug-likeness (QED) is 0.682. The van der Waals surface area contributed by atoms with Gasteiger partial charge < -0.3 is 15.7 Å². The first-order chi connectivity index (χ1) is 11.0. The van der Waals surface area contributed by atoms with Gasteiger partial charge in [0.1, 0.15) is 0 Å². The summed E-state index contributed by atoms with van der Waals surface area (Å²) in [6.07, 6.45) is 1.70. The standard InChI is InChI=1S/C17H26ClN3O2/c1-12(2)21(13-7-8-13)10-9-19-17(23)20-11-16(22)14-5-3-4-6-15(14)18/h3-6,12-13,16,22H,7-11H2,1-2H3,(H2,19,20,23). The second kappa shape index (κ2) is 8.52. The van der Waals surface area contributed by atoms with Gasteiger partial charge in [0.05, 0.1) is 6.10 Å². The molecule has 0 saturated heterocycles. The van der Waals surface area contributed by atoms with Crippen LogP contribution in [0, 0.1) is 0 Å². The number of rotatable bonds is 8. The van der Waals surface area contributed by atoms with Gasteiger partial charge in [-0.15, -0.1) is 0 Å². The molecule has 5 nitrogen and oxygen atoms in total. The molecule has 6 heteroatoms. The molecule has 1 saturated carbocycles. The fourth-order valence-electron chi connectivity index (χ4n) is 2.67. The van der Waals surface area contributed by atoms with Crippen LogP contribution in [0.25, 0.3) is 0 Å². The number of urea groups is 1. The minimum atomic E-state index is -0.812. The summed E-state index contributed by atoms with van der Waals surface area (Å²) in [5, 5.41) is 16.1. The number of benzene rings is 1. The summed E-state index contributed by atoms with van der Waals surface area (Å²) < 4.78 is 0. The molecule has 2 amide bonds. The van der Waals surface area contributed by atoms with Crippen molar-refractivity contribution in [2.24, 2.45) is 0 Å². The Hall–Kier alpha value is -1.30. The van der Waals surface area contributed by atoms with Crippen LogP contribution in [-0.2, 0) is 0 Å². The van der Waals surface area contributed by atoms with Gasteiger partial charge in [-0.05, 0) is 32.8 Å². The van der Waals surface area contributed by atoms with Gasteiger partial charge in [-0.25, -0.2) is 4.79 Å². The molecule has 0 spiro atoms. The summed E-state index contributed by atoms with van der Waals surface area (Å²) in [4.78, 5) is 14.2. The van der Waals surface area contributed by atoms with Crippen molar-refractivity contribution in [1.29, 1.82) is 0 Å². The first-order valence-corrected chi connectivity index (χ1v) is 8.56. The highest BCUT2D eigenvalue weighted by Gasteiger charge is 2.30. The van der Waals surface area contributed by atoms with E-state index in [9.17, 15) is 9.90 Å². The minimum absolute atomic E-state index is 0.131. The Kier molecular flexibility index (Phi) is 6.69. The molecule has 128 valence electrons. The predicted molar refractivity (Wildman–Crippen MR) is 92.7 cm³/mol. The third-order valence-corrected chi connectivity index (χ3v) is 4.40. The average Bonchev–Trinajstić information content (AvgIpc) is 3.34. The molecule has 1 unspecified atom stereocenters. The first-order valence-electron chi connectivity index (χ1n) is 8.19. The van der Waals surface area contributed by atoms with Crippen LogP contribution in [0.2, 0.25) is 5.02 Å². The van der Waals surface area contributed by atoms with Crippen LogP contribution in [0.3, 0.4) is 0 Å². The van der Waals surface area contributed by atoms with Crippen molar-refractivity contribution in [2.45, 2.75) is 44.9 Å². The van der Waals surface area contributed by atoms with Gasteiger partial charge in [-0.1, -0.05) is 29.8 Å². The van der Waals surface area contributed by atoms with Crippen molar-refractivity contribution in [2.75, 3.05) is 19.6 Å². The number of nitrogens with zero attached hydrogens (tertiary/aromatic N) is 1. The fraction of sp³-hybridized carbons (Fsp3) is 0.588. The van der Waals surface area contributed by atoms with E-state index in [1.165, 1.54) is 12.8 Å². The summed E-state index contributed by atoms with van der Waals surface area (Å²) in [7, 11) is 0. The summed E-state index contributed by atoms with van der Waals surface area (Å²) in [5.41, 5.74) is 0.620. The second-order valence-corrected chi connectivity index (χ2v) is 6.64. The number of amides is 2. The van der Waals surface area contributed by atoms with Crippen LogP contribution >= 0.6 is 11.6 Å². The third-order valence-electron chi connectivity index (χ3n) is 4.05. The lowest BCUT2D eigenvalue weighted by Gasteiger charge is -2.26. The average molecular weight is 340 g/mol. The summed E-state index contributed by atoms with van der Waals surface area (Å²) in [6.45, 7) is 5.94. The molecule has 1 aliphatic rings. The Morgan fingerprint density at radius 1 is 1.35 bits per heavy atom. The van der Waals surface area contributed by atoms with E-state index in [1.54, 1.807) is 18.2 Å². The zero-order valence-electron chi connectivity index (χ0n) is 13.8. The highest BCUT2D eigenvalue weighted by atomic mass is 35.5. The maximum Gasteiger partial charge on any atom is 0.314 e. The number of carbonyl (C=O) groups is 1. The van der Waals surface area contributed by atoms with E-state index in [1.807, 2.05) is 6.07 Å². The Morgan fingerprint density at radius 2 is 2.04 bits per heavy atom. The van der Waals surface area contributed by atoms with Gasteiger partial charge in [0.25, 0.3) is 0 Å². The van der Waals surface area contributed by atoms with Crippen LogP contribution in [0.4, 0.5) is 4.79 Å². The monoisotopic (exact) mass is 339 g/mol. The lowest BCUT2D eigenvalue weighted by Crippen LogP contribution is -2.43. The molecule has 0 aromatic heterocycles. The maximum absolute atomic E-state index is 11.8. The second-order valence-electron chi connectivity index (χ2n) is 6.24. The van der Waals surface area contributed by atoms with E-state index in [0.717, 1.165) is 6.54 Å². The van der Waals surface area contributed by atoms with Crippen LogP contribution in [0.5, 0.6) is 0 Å². The number of aliphatic hydroxyl groups is 1. The number of aliphatic hydroxyl groups excluding tert-OH is 1. The molecular weight excluding hydrogens is 314 g/mol. The van der Waals surface area contributed by atoms with E-state index < -0.39 is 6.10 Å². The van der Waals surface area contributed by atoms with E-state index >= 15 is 0 Å². The molecule has 1 fully saturated rings. The Bertz CT molecular complexity index is 518. The molecule has 0 heterocycles. The number of halogens is 1. The van der Waals surface area contributed by atoms with Gasteiger partial charge in [-0.2, -0.15) is 0 Å². The lowest BCUT2D eigenvalue weighted by atomic mass is 10.1. The molecule has 1 aromatic rings. The summed E-state index contributed by atoms with van der Waals surface area (Å²) in [6, 6.07) is 8.00. The van der Waals surface area contributed by atoms with E-state index in [0.29, 0.717) is 29.2 Å². The summed E-state index contributed by atoms with van der Waals surface area (Å²) in [5.74, 6) is 0. The highest BCUT2D eigenvalue weighted by molar-refractivity contribution is 6.31. The largest absolute Gasteiger partial charge is 0.387 e. The molecule has 0 bridgehead atoms. The lowest BCUT2D eigenvalue weighted by molar-refractivity contribution is 0.172. The SMILES string of the molecule is CC(C)N(CCNC(=O)NCC(O)c1ccccc1Cl)C1CC1. The van der Waals surface area contributed by atoms with E-state index in [-0.39, 0.29) is 12.6 Å². The molecule has 0 aliphatic heterocycles. The number of carbonyl (C=O) groups excluding carboxylic acids is 1. The molecule has 1 atom stereocenters. The topological polar surface area (TPSA) is 64.6 Å². The van der Waals surface area contributed by atoms with E-state index in [2.05, 4.69) is 29.4 Å². The molecule has 23 heavy (non-hydrogen) atoms. The van der Waals surface area contributed by atoms with Crippen molar-refractivity contribution in [3.8, 4) is 0 Å². The molecule has 2 rings (SSSR count). The van der Waals surface area contributed by atoms with Gasteiger partial charge in [0.15, 0.2) is 0 Å². The minimum Gasteiger partial charge on any atom is -0.387 e. The van der Waals surface area contributed by atoms with Crippen molar-refractivity contribution < 1.29 is 9.90 Å². The van der Waals surface area contributed by atoms with Crippen molar-refractivity contribution in [3.63, 3.8) is 0 Å². The summed E-state index contributed by atoms with van der Waals surface area (Å²) >= 11 is 6.02. The number of hydrogen-bond acceptors (Lipinski definition) is 3. The molecule has 1 aliphatic carbocycles. The smallest absolute Gasteiger partial charge is 0.314 e. The van der Waals surface area contributed by atoms with Crippen molar-refractivity contribution >= 4 is 17.6 Å². The maximum atomic E-state index is 11.8. The van der Waals surface area contributed by atoms with E-state index in [4.69, 9.17) is 11.6 Å². The third kappa shape index (κ3) is 5.68. The number of hydrogen-bond donors (Lipinski definition) is 3. The predicted octanol–water partition coefficient (Wildman–Crippen LogP) is 2.55. The fourth-order valence-corrected chi connectivity index (χ4v) is 2.94. The molecule has 1 aromatic carbocycles. The van der Waals surface area contributed by atoms with Crippen LogP contribution in [0.15, 0.2) is 24.3 Å². The zero-order chi connectivity index (χ0) is 16.8. The van der Waals surface area contributed by atoms with Crippen LogP contribution < -0.4 is 10.6 Å². The Morgan fingerprint density at radius 3 is 2.65 bits per heavy atom. The number of nitrogens with one attached hydrogen (secondary N) is 2. The molecular formula is C17H26ClN3O2. The molecule has 3 N–H and O–H groups in total. The van der Waals surface area contributed by atoms with Crippen molar-refractivity contribution in [3.05, 3.63) is 34.9 Å². The van der Waals surface area contributed by atoms with Crippen LogP contribution in [0.1, 0.15) is 38.4 Å². The normalized spacial score (nSPS) is 15.7. The van der Waals surface area contributed by atoms with Crippen LogP contribution in [-0.4, -0.2) is 47.8 Å². The zero-order valence-corrected chi connectivity index (χ0v) is 14.5. The first kappa shape index (κ1) is 18.0. The Balaban J connectivity index is 1.68. The van der Waals surface area contributed by atoms with Gasteiger partial charge in [0.2, 0.25) is 0 Å². The Labute approximate surface area is 143 Å². The van der Waals surface area contributed by atoms with Gasteiger partial charge in [-0.3, -0.25) is 4.90 Å². The van der Waals surface area contributed by atoms with Gasteiger partial charge in [0, 0.05) is 42.3 Å². The highest BCUT2D eigenvalue weighted by Crippen LogP contribution is 2.27. The van der Waals surface area contributed by atoms with Crippen molar-refractivity contribution in [1.82, 2.24) is 15.5 Å².